The fraction of sp³-hybridized carbons (Fsp3) is 0.350. The summed E-state index contributed by atoms with van der Waals surface area (Å²) in [6.45, 7) is 3.91. The van der Waals surface area contributed by atoms with Gasteiger partial charge < -0.3 is 10.2 Å². The number of nitrogens with zero attached hydrogens (tertiary/aromatic N) is 2. The van der Waals surface area contributed by atoms with Crippen LogP contribution in [0.25, 0.3) is 0 Å². The number of pyridine rings is 1. The summed E-state index contributed by atoms with van der Waals surface area (Å²) in [6.07, 6.45) is 0.914. The molecule has 1 unspecified atom stereocenters. The molecule has 0 fully saturated rings. The molecule has 0 saturated carbocycles. The fourth-order valence-electron chi connectivity index (χ4n) is 3.12. The number of hydrogen-bond donors (Lipinski definition) is 2. The number of likely N-dealkylation sites (N-methyl/N-ethyl adjacent to an activating group) is 1. The Balaban J connectivity index is 1.64. The van der Waals surface area contributed by atoms with Crippen molar-refractivity contribution in [2.75, 3.05) is 19.3 Å². The van der Waals surface area contributed by atoms with Gasteiger partial charge in [0.25, 0.3) is 0 Å². The van der Waals surface area contributed by atoms with Gasteiger partial charge in [-0.1, -0.05) is 42.1 Å². The van der Waals surface area contributed by atoms with Gasteiger partial charge in [0.15, 0.2) is 0 Å². The second kappa shape index (κ2) is 8.35. The molecule has 2 N–H and O–H groups in total. The van der Waals surface area contributed by atoms with E-state index in [9.17, 15) is 10.1 Å². The number of rotatable bonds is 5. The zero-order valence-electron chi connectivity index (χ0n) is 15.1. The van der Waals surface area contributed by atoms with Crippen molar-refractivity contribution in [3.05, 3.63) is 58.8 Å². The number of fused-ring (bicyclic) bond motifs is 1. The molecule has 0 aliphatic carbocycles. The van der Waals surface area contributed by atoms with Gasteiger partial charge in [0.1, 0.15) is 17.6 Å². The van der Waals surface area contributed by atoms with Crippen molar-refractivity contribution < 1.29 is 9.69 Å². The largest absolute Gasteiger partial charge is 0.349 e. The van der Waals surface area contributed by atoms with Crippen LogP contribution in [0.3, 0.4) is 0 Å². The van der Waals surface area contributed by atoms with Gasteiger partial charge in [-0.2, -0.15) is 5.26 Å². The van der Waals surface area contributed by atoms with Gasteiger partial charge in [0.2, 0.25) is 5.91 Å². The molecular formula is C20H23N4OS+. The van der Waals surface area contributed by atoms with Crippen molar-refractivity contribution in [3.63, 3.8) is 0 Å². The van der Waals surface area contributed by atoms with Crippen molar-refractivity contribution in [3.8, 4) is 6.07 Å². The van der Waals surface area contributed by atoms with Crippen LogP contribution in [-0.2, 0) is 17.8 Å². The van der Waals surface area contributed by atoms with Crippen LogP contribution in [-0.4, -0.2) is 30.2 Å². The van der Waals surface area contributed by atoms with Crippen LogP contribution in [0.1, 0.15) is 35.3 Å². The monoisotopic (exact) mass is 367 g/mol. The molecule has 26 heavy (non-hydrogen) atoms. The predicted octanol–water partition coefficient (Wildman–Crippen LogP) is 1.49. The summed E-state index contributed by atoms with van der Waals surface area (Å²) < 4.78 is 0. The smallest absolute Gasteiger partial charge is 0.230 e. The molecule has 134 valence electrons. The standard InChI is InChI=1S/C20H22N4OS/c1-14(15-6-4-3-5-7-15)22-19(25)13-26-20-16(11-21)10-17-12-24(2)9-8-18(17)23-20/h3-7,10,14H,8-9,12-13H2,1-2H3,(H,22,25)/p+1/t14-/m0/s1. The summed E-state index contributed by atoms with van der Waals surface area (Å²) >= 11 is 1.34. The van der Waals surface area contributed by atoms with Crippen molar-refractivity contribution in [1.29, 1.82) is 5.26 Å². The van der Waals surface area contributed by atoms with E-state index < -0.39 is 0 Å². The number of nitrogens with one attached hydrogen (secondary N) is 2. The van der Waals surface area contributed by atoms with Crippen LogP contribution in [0, 0.1) is 11.3 Å². The quantitative estimate of drug-likeness (QED) is 0.786. The van der Waals surface area contributed by atoms with Crippen LogP contribution >= 0.6 is 11.8 Å². The number of carbonyl (C=O) groups is 1. The summed E-state index contributed by atoms with van der Waals surface area (Å²) in [5.74, 6) is 0.196. The number of aromatic nitrogens is 1. The Morgan fingerprint density at radius 2 is 2.19 bits per heavy atom. The van der Waals surface area contributed by atoms with E-state index in [1.165, 1.54) is 16.7 Å². The number of quaternary nitrogens is 1. The highest BCUT2D eigenvalue weighted by molar-refractivity contribution is 8.00. The molecular weight excluding hydrogens is 344 g/mol. The van der Waals surface area contributed by atoms with Gasteiger partial charge in [0.05, 0.1) is 36.6 Å². The number of benzene rings is 1. The summed E-state index contributed by atoms with van der Waals surface area (Å²) in [7, 11) is 2.15. The third kappa shape index (κ3) is 4.43. The van der Waals surface area contributed by atoms with E-state index in [1.54, 1.807) is 0 Å². The Bertz CT molecular complexity index is 832. The minimum absolute atomic E-state index is 0.0465. The molecule has 2 aromatic rings. The topological polar surface area (TPSA) is 70.2 Å². The molecule has 2 heterocycles. The fourth-order valence-corrected chi connectivity index (χ4v) is 3.91. The Kier molecular flexibility index (Phi) is 5.92. The van der Waals surface area contributed by atoms with Crippen molar-refractivity contribution >= 4 is 17.7 Å². The average molecular weight is 367 g/mol. The molecule has 0 spiro atoms. The highest BCUT2D eigenvalue weighted by Crippen LogP contribution is 2.24. The van der Waals surface area contributed by atoms with Gasteiger partial charge >= 0.3 is 0 Å². The molecule has 0 saturated heterocycles. The summed E-state index contributed by atoms with van der Waals surface area (Å²) in [5.41, 5.74) is 3.85. The molecule has 0 radical (unpaired) electrons. The molecule has 1 aliphatic rings. The molecule has 1 aliphatic heterocycles. The summed E-state index contributed by atoms with van der Waals surface area (Å²) in [6, 6.07) is 14.0. The first-order chi connectivity index (χ1) is 12.6. The second-order valence-corrected chi connectivity index (χ2v) is 7.65. The number of carbonyl (C=O) groups excluding carboxylic acids is 1. The second-order valence-electron chi connectivity index (χ2n) is 6.68. The predicted molar refractivity (Wildman–Crippen MR) is 102 cm³/mol. The third-order valence-electron chi connectivity index (χ3n) is 4.57. The molecule has 2 atom stereocenters. The lowest BCUT2D eigenvalue weighted by atomic mass is 10.0. The Hall–Kier alpha value is -2.36. The Morgan fingerprint density at radius 3 is 2.92 bits per heavy atom. The van der Waals surface area contributed by atoms with Crippen LogP contribution in [0.4, 0.5) is 0 Å². The number of amides is 1. The van der Waals surface area contributed by atoms with E-state index >= 15 is 0 Å². The van der Waals surface area contributed by atoms with Gasteiger partial charge in [-0.25, -0.2) is 4.98 Å². The van der Waals surface area contributed by atoms with Crippen LogP contribution < -0.4 is 10.2 Å². The minimum Gasteiger partial charge on any atom is -0.349 e. The average Bonchev–Trinajstić information content (AvgIpc) is 2.66. The summed E-state index contributed by atoms with van der Waals surface area (Å²) in [5, 5.41) is 13.1. The van der Waals surface area contributed by atoms with Gasteiger partial charge in [0, 0.05) is 12.0 Å². The highest BCUT2D eigenvalue weighted by Gasteiger charge is 2.21. The first-order valence-corrected chi connectivity index (χ1v) is 9.76. The molecule has 3 rings (SSSR count). The zero-order valence-corrected chi connectivity index (χ0v) is 15.9. The number of hydrogen-bond acceptors (Lipinski definition) is 4. The maximum Gasteiger partial charge on any atom is 0.230 e. The van der Waals surface area contributed by atoms with Crippen molar-refractivity contribution in [2.45, 2.75) is 31.0 Å². The number of thioether (sulfide) groups is 1. The van der Waals surface area contributed by atoms with E-state index in [-0.39, 0.29) is 17.7 Å². The molecule has 5 nitrogen and oxygen atoms in total. The molecule has 0 bridgehead atoms. The third-order valence-corrected chi connectivity index (χ3v) is 5.57. The van der Waals surface area contributed by atoms with Gasteiger partial charge in [-0.15, -0.1) is 0 Å². The maximum atomic E-state index is 12.3. The molecule has 1 amide bonds. The van der Waals surface area contributed by atoms with Crippen molar-refractivity contribution in [2.24, 2.45) is 0 Å². The van der Waals surface area contributed by atoms with Gasteiger partial charge in [-0.05, 0) is 18.6 Å². The molecule has 1 aromatic carbocycles. The highest BCUT2D eigenvalue weighted by atomic mass is 32.2. The number of nitriles is 1. The minimum atomic E-state index is -0.0565. The van der Waals surface area contributed by atoms with E-state index in [1.807, 2.05) is 43.3 Å². The maximum absolute atomic E-state index is 12.3. The normalized spacial score (nSPS) is 17.0. The lowest BCUT2D eigenvalue weighted by Gasteiger charge is -2.22. The van der Waals surface area contributed by atoms with E-state index in [0.29, 0.717) is 10.6 Å². The lowest BCUT2D eigenvalue weighted by Crippen LogP contribution is -3.08. The van der Waals surface area contributed by atoms with Crippen LogP contribution in [0.5, 0.6) is 0 Å². The van der Waals surface area contributed by atoms with E-state index in [0.717, 1.165) is 36.3 Å². The van der Waals surface area contributed by atoms with Crippen molar-refractivity contribution in [1.82, 2.24) is 10.3 Å². The first kappa shape index (κ1) is 18.4. The van der Waals surface area contributed by atoms with Crippen LogP contribution in [0.15, 0.2) is 41.4 Å². The van der Waals surface area contributed by atoms with Gasteiger partial charge in [-0.3, -0.25) is 4.79 Å². The van der Waals surface area contributed by atoms with Crippen LogP contribution in [0.2, 0.25) is 0 Å². The lowest BCUT2D eigenvalue weighted by molar-refractivity contribution is -0.895. The Labute approximate surface area is 158 Å². The molecule has 6 heteroatoms. The SMILES string of the molecule is C[C@H](NC(=O)CSc1nc2c(cc1C#N)C[NH+](C)CC2)c1ccccc1. The Morgan fingerprint density at radius 1 is 1.42 bits per heavy atom. The first-order valence-electron chi connectivity index (χ1n) is 8.78. The van der Waals surface area contributed by atoms with E-state index in [2.05, 4.69) is 23.4 Å². The molecule has 1 aromatic heterocycles. The zero-order chi connectivity index (χ0) is 18.5. The van der Waals surface area contributed by atoms with E-state index in [4.69, 9.17) is 0 Å². The summed E-state index contributed by atoms with van der Waals surface area (Å²) in [4.78, 5) is 18.4.